The summed E-state index contributed by atoms with van der Waals surface area (Å²) in [4.78, 5) is 2.55. The summed E-state index contributed by atoms with van der Waals surface area (Å²) in [5.41, 5.74) is 2.45. The van der Waals surface area contributed by atoms with Crippen LogP contribution in [0.2, 0.25) is 0 Å². The van der Waals surface area contributed by atoms with Crippen LogP contribution in [0.5, 0.6) is 11.5 Å². The van der Waals surface area contributed by atoms with Gasteiger partial charge in [0.1, 0.15) is 6.10 Å². The first-order valence-corrected chi connectivity index (χ1v) is 9.55. The molecule has 0 saturated heterocycles. The van der Waals surface area contributed by atoms with Gasteiger partial charge >= 0.3 is 0 Å². The third kappa shape index (κ3) is 2.34. The number of aromatic hydroxyl groups is 1. The fourth-order valence-corrected chi connectivity index (χ4v) is 5.61. The maximum absolute atomic E-state index is 10.6. The molecule has 5 atom stereocenters. The van der Waals surface area contributed by atoms with E-state index in [1.54, 1.807) is 6.07 Å². The van der Waals surface area contributed by atoms with Crippen LogP contribution < -0.4 is 4.74 Å². The Labute approximate surface area is 150 Å². The Morgan fingerprint density at radius 1 is 1.44 bits per heavy atom. The first kappa shape index (κ1) is 16.9. The first-order valence-electron chi connectivity index (χ1n) is 9.55. The molecule has 0 radical (unpaired) electrons. The lowest BCUT2D eigenvalue weighted by Gasteiger charge is -2.54. The molecule has 1 fully saturated rings. The van der Waals surface area contributed by atoms with E-state index in [0.717, 1.165) is 44.3 Å². The number of aliphatic hydroxyl groups is 1. The number of aliphatic hydroxyl groups excluding tert-OH is 1. The number of benzene rings is 1. The van der Waals surface area contributed by atoms with Gasteiger partial charge in [0, 0.05) is 24.1 Å². The Hall–Kier alpha value is -1.52. The summed E-state index contributed by atoms with van der Waals surface area (Å²) in [6.45, 7) is 10.5. The normalized spacial score (nSPS) is 35.4. The minimum absolute atomic E-state index is 0.0358. The maximum atomic E-state index is 10.6. The van der Waals surface area contributed by atoms with E-state index in [9.17, 15) is 10.2 Å². The van der Waals surface area contributed by atoms with Crippen LogP contribution in [0.15, 0.2) is 24.8 Å². The standard InChI is InChI=1S/C21H29NO3/c1-4-10-22(11-5-2)16-12-13-6-7-14(23)19-17(13)18-20(25-19)15(24)8-9-21(16,18)3/h4,6-7,15-16,18,20,23-24H,1,5,8-12H2,2-3H3/t15-,16?,18?,20?,21-/m0/s1. The van der Waals surface area contributed by atoms with Crippen molar-refractivity contribution in [2.24, 2.45) is 5.41 Å². The molecule has 1 saturated carbocycles. The molecule has 2 N–H and O–H groups in total. The van der Waals surface area contributed by atoms with Gasteiger partial charge in [-0.15, -0.1) is 6.58 Å². The number of ether oxygens (including phenoxy) is 1. The third-order valence-electron chi connectivity index (χ3n) is 6.72. The zero-order valence-corrected chi connectivity index (χ0v) is 15.2. The molecular formula is C21H29NO3. The second-order valence-electron chi connectivity index (χ2n) is 8.16. The second-order valence-corrected chi connectivity index (χ2v) is 8.16. The van der Waals surface area contributed by atoms with Gasteiger partial charge in [-0.05, 0) is 49.3 Å². The molecule has 136 valence electrons. The van der Waals surface area contributed by atoms with Crippen LogP contribution in [0.3, 0.4) is 0 Å². The maximum Gasteiger partial charge on any atom is 0.165 e. The molecule has 3 unspecified atom stereocenters. The monoisotopic (exact) mass is 343 g/mol. The average molecular weight is 343 g/mol. The highest BCUT2D eigenvalue weighted by molar-refractivity contribution is 5.58. The van der Waals surface area contributed by atoms with Crippen molar-refractivity contribution in [3.8, 4) is 11.5 Å². The van der Waals surface area contributed by atoms with Gasteiger partial charge in [-0.3, -0.25) is 4.90 Å². The predicted octanol–water partition coefficient (Wildman–Crippen LogP) is 3.22. The lowest BCUT2D eigenvalue weighted by atomic mass is 9.55. The zero-order chi connectivity index (χ0) is 17.8. The van der Waals surface area contributed by atoms with E-state index in [1.807, 2.05) is 12.1 Å². The van der Waals surface area contributed by atoms with Crippen LogP contribution >= 0.6 is 0 Å². The molecule has 0 aromatic heterocycles. The van der Waals surface area contributed by atoms with E-state index in [2.05, 4.69) is 25.3 Å². The Balaban J connectivity index is 1.84. The van der Waals surface area contributed by atoms with Crippen molar-refractivity contribution in [1.82, 2.24) is 4.90 Å². The van der Waals surface area contributed by atoms with E-state index in [1.165, 1.54) is 5.56 Å². The molecule has 4 heteroatoms. The van der Waals surface area contributed by atoms with E-state index in [0.29, 0.717) is 11.8 Å². The molecule has 1 aromatic rings. The molecule has 4 nitrogen and oxygen atoms in total. The van der Waals surface area contributed by atoms with Gasteiger partial charge < -0.3 is 14.9 Å². The number of phenols is 1. The van der Waals surface area contributed by atoms with Crippen molar-refractivity contribution >= 4 is 0 Å². The van der Waals surface area contributed by atoms with Crippen molar-refractivity contribution in [2.45, 2.75) is 63.7 Å². The Bertz CT molecular complexity index is 688. The SMILES string of the molecule is C=CCN(CCC)C1Cc2ccc(O)c3c2C2C(O3)[C@@H](O)CC[C@]21C. The minimum atomic E-state index is -0.462. The highest BCUT2D eigenvalue weighted by Crippen LogP contribution is 2.62. The van der Waals surface area contributed by atoms with E-state index in [-0.39, 0.29) is 23.2 Å². The fraction of sp³-hybridized carbons (Fsp3) is 0.619. The molecule has 2 aliphatic carbocycles. The smallest absolute Gasteiger partial charge is 0.165 e. The quantitative estimate of drug-likeness (QED) is 0.806. The molecule has 0 bridgehead atoms. The van der Waals surface area contributed by atoms with E-state index in [4.69, 9.17) is 4.74 Å². The average Bonchev–Trinajstić information content (AvgIpc) is 3.01. The summed E-state index contributed by atoms with van der Waals surface area (Å²) in [7, 11) is 0. The van der Waals surface area contributed by atoms with Gasteiger partial charge in [-0.25, -0.2) is 0 Å². The fourth-order valence-electron chi connectivity index (χ4n) is 5.61. The Morgan fingerprint density at radius 2 is 2.24 bits per heavy atom. The lowest BCUT2D eigenvalue weighted by molar-refractivity contribution is -0.0730. The lowest BCUT2D eigenvalue weighted by Crippen LogP contribution is -2.59. The number of rotatable bonds is 5. The third-order valence-corrected chi connectivity index (χ3v) is 6.72. The molecule has 25 heavy (non-hydrogen) atoms. The Kier molecular flexibility index (Phi) is 4.08. The van der Waals surface area contributed by atoms with Crippen molar-refractivity contribution < 1.29 is 14.9 Å². The minimum Gasteiger partial charge on any atom is -0.504 e. The summed E-state index contributed by atoms with van der Waals surface area (Å²) < 4.78 is 6.12. The summed E-state index contributed by atoms with van der Waals surface area (Å²) in [6.07, 6.45) is 5.11. The molecule has 0 amide bonds. The molecule has 4 rings (SSSR count). The molecule has 1 aliphatic heterocycles. The van der Waals surface area contributed by atoms with Gasteiger partial charge in [0.2, 0.25) is 0 Å². The van der Waals surface area contributed by atoms with Crippen LogP contribution in [-0.4, -0.2) is 46.5 Å². The number of hydrogen-bond acceptors (Lipinski definition) is 4. The predicted molar refractivity (Wildman–Crippen MR) is 98.2 cm³/mol. The molecule has 1 aromatic carbocycles. The van der Waals surface area contributed by atoms with Gasteiger partial charge in [-0.1, -0.05) is 26.0 Å². The summed E-state index contributed by atoms with van der Waals surface area (Å²) in [5, 5.41) is 20.9. The second kappa shape index (κ2) is 6.03. The topological polar surface area (TPSA) is 52.9 Å². The van der Waals surface area contributed by atoms with Crippen molar-refractivity contribution in [2.75, 3.05) is 13.1 Å². The molecular weight excluding hydrogens is 314 g/mol. The van der Waals surface area contributed by atoms with Gasteiger partial charge in [0.05, 0.1) is 6.10 Å². The molecule has 1 heterocycles. The first-order chi connectivity index (χ1) is 12.0. The molecule has 0 spiro atoms. The van der Waals surface area contributed by atoms with Gasteiger partial charge in [0.25, 0.3) is 0 Å². The summed E-state index contributed by atoms with van der Waals surface area (Å²) in [5.74, 6) is 0.970. The number of nitrogens with zero attached hydrogens (tertiary/aromatic N) is 1. The molecule has 3 aliphatic rings. The van der Waals surface area contributed by atoms with Crippen molar-refractivity contribution in [1.29, 1.82) is 0 Å². The van der Waals surface area contributed by atoms with Crippen LogP contribution in [-0.2, 0) is 6.42 Å². The highest BCUT2D eigenvalue weighted by atomic mass is 16.5. The number of phenolic OH excluding ortho intramolecular Hbond substituents is 1. The van der Waals surface area contributed by atoms with Gasteiger partial charge in [-0.2, -0.15) is 0 Å². The van der Waals surface area contributed by atoms with E-state index >= 15 is 0 Å². The largest absolute Gasteiger partial charge is 0.504 e. The van der Waals surface area contributed by atoms with Crippen LogP contribution in [0.1, 0.15) is 50.2 Å². The summed E-state index contributed by atoms with van der Waals surface area (Å²) >= 11 is 0. The van der Waals surface area contributed by atoms with Crippen molar-refractivity contribution in [3.05, 3.63) is 35.9 Å². The highest BCUT2D eigenvalue weighted by Gasteiger charge is 2.59. The van der Waals surface area contributed by atoms with Gasteiger partial charge in [0.15, 0.2) is 11.5 Å². The Morgan fingerprint density at radius 3 is 2.96 bits per heavy atom. The van der Waals surface area contributed by atoms with Crippen molar-refractivity contribution in [3.63, 3.8) is 0 Å². The van der Waals surface area contributed by atoms with Crippen LogP contribution in [0.25, 0.3) is 0 Å². The summed E-state index contributed by atoms with van der Waals surface area (Å²) in [6, 6.07) is 4.19. The number of hydrogen-bond donors (Lipinski definition) is 2. The van der Waals surface area contributed by atoms with Crippen LogP contribution in [0.4, 0.5) is 0 Å². The van der Waals surface area contributed by atoms with Crippen LogP contribution in [0, 0.1) is 5.41 Å². The zero-order valence-electron chi connectivity index (χ0n) is 15.2. The van der Waals surface area contributed by atoms with E-state index < -0.39 is 6.10 Å².